The van der Waals surface area contributed by atoms with Gasteiger partial charge in [0.2, 0.25) is 5.91 Å². The molecule has 30 heavy (non-hydrogen) atoms. The lowest BCUT2D eigenvalue weighted by molar-refractivity contribution is -0.117. The maximum absolute atomic E-state index is 14.1. The van der Waals surface area contributed by atoms with Gasteiger partial charge in [0.05, 0.1) is 11.4 Å². The molecule has 0 spiro atoms. The molecule has 1 aromatic heterocycles. The number of para-hydroxylation sites is 1. The molecule has 7 nitrogen and oxygen atoms in total. The average Bonchev–Trinajstić information content (AvgIpc) is 3.21. The van der Waals surface area contributed by atoms with Gasteiger partial charge in [-0.1, -0.05) is 30.3 Å². The molecule has 0 saturated heterocycles. The van der Waals surface area contributed by atoms with Gasteiger partial charge in [-0.15, -0.1) is 11.3 Å². The summed E-state index contributed by atoms with van der Waals surface area (Å²) in [5.74, 6) is -1.96. The molecule has 3 rings (SSSR count). The molecule has 0 aliphatic rings. The van der Waals surface area contributed by atoms with Crippen LogP contribution in [0.15, 0.2) is 66.1 Å². The Morgan fingerprint density at radius 2 is 1.73 bits per heavy atom. The van der Waals surface area contributed by atoms with E-state index in [9.17, 15) is 18.8 Å². The van der Waals surface area contributed by atoms with Gasteiger partial charge in [-0.2, -0.15) is 0 Å². The van der Waals surface area contributed by atoms with E-state index in [0.29, 0.717) is 11.3 Å². The molecule has 0 radical (unpaired) electrons. The molecule has 2 N–H and O–H groups in total. The fourth-order valence-corrected chi connectivity index (χ4v) is 3.33. The molecule has 0 fully saturated rings. The molecular formula is C21H17FN4O3S. The Morgan fingerprint density at radius 3 is 2.43 bits per heavy atom. The fraction of sp³-hybridized carbons (Fsp3) is 0.0476. The van der Waals surface area contributed by atoms with Gasteiger partial charge >= 0.3 is 0 Å². The van der Waals surface area contributed by atoms with Gasteiger partial charge in [-0.3, -0.25) is 30.1 Å². The molecule has 152 valence electrons. The van der Waals surface area contributed by atoms with E-state index in [-0.39, 0.29) is 10.8 Å². The highest BCUT2D eigenvalue weighted by atomic mass is 32.1. The van der Waals surface area contributed by atoms with E-state index in [4.69, 9.17) is 0 Å². The van der Waals surface area contributed by atoms with Crippen LogP contribution in [-0.4, -0.2) is 22.7 Å². The van der Waals surface area contributed by atoms with E-state index in [1.165, 1.54) is 37.3 Å². The van der Waals surface area contributed by atoms with Crippen molar-refractivity contribution in [3.63, 3.8) is 0 Å². The number of amides is 3. The lowest BCUT2D eigenvalue weighted by atomic mass is 10.2. The topological polar surface area (TPSA) is 91.4 Å². The van der Waals surface area contributed by atoms with Crippen molar-refractivity contribution in [1.82, 2.24) is 15.8 Å². The first-order valence-corrected chi connectivity index (χ1v) is 9.68. The molecule has 3 aromatic rings. The van der Waals surface area contributed by atoms with Crippen molar-refractivity contribution in [3.05, 3.63) is 83.1 Å². The second-order valence-corrected chi connectivity index (χ2v) is 6.84. The number of carbonyl (C=O) groups is 3. The number of hydrogen-bond donors (Lipinski definition) is 2. The smallest absolute Gasteiger partial charge is 0.269 e. The molecule has 0 aliphatic heterocycles. The minimum absolute atomic E-state index is 0.0937. The van der Waals surface area contributed by atoms with Gasteiger partial charge in [-0.05, 0) is 30.3 Å². The van der Waals surface area contributed by atoms with Crippen molar-refractivity contribution >= 4 is 46.0 Å². The van der Waals surface area contributed by atoms with Gasteiger partial charge < -0.3 is 0 Å². The largest absolute Gasteiger partial charge is 0.274 e. The molecule has 0 bridgehead atoms. The standard InChI is InChI=1S/C21H17FN4O3S/c1-14(27)26(18-10-6-5-9-17(18)22)21-23-16(13-30-21)11-12-19(28)24-25-20(29)15-7-3-2-4-8-15/h2-13H,1H3,(H,24,28)(H,25,29)/b12-11+. The van der Waals surface area contributed by atoms with Crippen LogP contribution in [0, 0.1) is 5.82 Å². The maximum atomic E-state index is 14.1. The number of benzene rings is 2. The number of aromatic nitrogens is 1. The highest BCUT2D eigenvalue weighted by Crippen LogP contribution is 2.30. The zero-order valence-electron chi connectivity index (χ0n) is 15.8. The molecule has 3 amide bonds. The lowest BCUT2D eigenvalue weighted by Gasteiger charge is -2.18. The van der Waals surface area contributed by atoms with Crippen LogP contribution < -0.4 is 15.8 Å². The van der Waals surface area contributed by atoms with Gasteiger partial charge in [0.1, 0.15) is 5.82 Å². The Morgan fingerprint density at radius 1 is 1.03 bits per heavy atom. The second-order valence-electron chi connectivity index (χ2n) is 6.00. The number of rotatable bonds is 5. The molecule has 1 heterocycles. The normalized spacial score (nSPS) is 10.6. The van der Waals surface area contributed by atoms with Crippen molar-refractivity contribution in [1.29, 1.82) is 0 Å². The van der Waals surface area contributed by atoms with Crippen molar-refractivity contribution in [2.45, 2.75) is 6.92 Å². The predicted molar refractivity (Wildman–Crippen MR) is 112 cm³/mol. The number of hydrazine groups is 1. The number of nitrogens with zero attached hydrogens (tertiary/aromatic N) is 2. The first-order chi connectivity index (χ1) is 14.5. The highest BCUT2D eigenvalue weighted by molar-refractivity contribution is 7.14. The molecule has 9 heteroatoms. The summed E-state index contributed by atoms with van der Waals surface area (Å²) in [5.41, 5.74) is 5.47. The summed E-state index contributed by atoms with van der Waals surface area (Å²) in [5, 5.41) is 1.89. The van der Waals surface area contributed by atoms with Crippen molar-refractivity contribution < 1.29 is 18.8 Å². The van der Waals surface area contributed by atoms with Crippen molar-refractivity contribution in [2.24, 2.45) is 0 Å². The number of halogens is 1. The number of nitrogens with one attached hydrogen (secondary N) is 2. The molecule has 0 saturated carbocycles. The Balaban J connectivity index is 1.65. The van der Waals surface area contributed by atoms with E-state index in [0.717, 1.165) is 16.2 Å². The zero-order valence-corrected chi connectivity index (χ0v) is 16.7. The van der Waals surface area contributed by atoms with Crippen LogP contribution in [-0.2, 0) is 9.59 Å². The molecule has 2 aromatic carbocycles. The Kier molecular flexibility index (Phi) is 6.66. The molecule has 0 unspecified atom stereocenters. The number of anilines is 2. The summed E-state index contributed by atoms with van der Waals surface area (Å²) in [6.45, 7) is 1.31. The summed E-state index contributed by atoms with van der Waals surface area (Å²) < 4.78 is 14.1. The van der Waals surface area contributed by atoms with Gasteiger partial charge in [0.15, 0.2) is 5.13 Å². The third-order valence-electron chi connectivity index (χ3n) is 3.85. The highest BCUT2D eigenvalue weighted by Gasteiger charge is 2.20. The van der Waals surface area contributed by atoms with Gasteiger partial charge in [-0.25, -0.2) is 9.37 Å². The lowest BCUT2D eigenvalue weighted by Crippen LogP contribution is -2.40. The van der Waals surface area contributed by atoms with E-state index < -0.39 is 23.5 Å². The first-order valence-electron chi connectivity index (χ1n) is 8.80. The van der Waals surface area contributed by atoms with Crippen LogP contribution in [0.1, 0.15) is 23.0 Å². The number of thiazole rings is 1. The fourth-order valence-electron chi connectivity index (χ4n) is 2.48. The Hall–Kier alpha value is -3.85. The van der Waals surface area contributed by atoms with E-state index >= 15 is 0 Å². The van der Waals surface area contributed by atoms with E-state index in [1.54, 1.807) is 41.8 Å². The minimum atomic E-state index is -0.564. The van der Waals surface area contributed by atoms with Gasteiger partial charge in [0, 0.05) is 23.9 Å². The monoisotopic (exact) mass is 424 g/mol. The molecule has 0 atom stereocenters. The minimum Gasteiger partial charge on any atom is -0.274 e. The van der Waals surface area contributed by atoms with Crippen molar-refractivity contribution in [2.75, 3.05) is 4.90 Å². The summed E-state index contributed by atoms with van der Waals surface area (Å²) in [6.07, 6.45) is 2.61. The summed E-state index contributed by atoms with van der Waals surface area (Å²) >= 11 is 1.13. The summed E-state index contributed by atoms with van der Waals surface area (Å²) in [7, 11) is 0. The number of hydrogen-bond acceptors (Lipinski definition) is 5. The molecule has 0 aliphatic carbocycles. The van der Waals surface area contributed by atoms with Crippen LogP contribution in [0.2, 0.25) is 0 Å². The maximum Gasteiger partial charge on any atom is 0.269 e. The predicted octanol–water partition coefficient (Wildman–Crippen LogP) is 3.44. The Labute approximate surface area is 175 Å². The average molecular weight is 424 g/mol. The Bertz CT molecular complexity index is 1100. The van der Waals surface area contributed by atoms with Crippen molar-refractivity contribution in [3.8, 4) is 0 Å². The van der Waals surface area contributed by atoms with E-state index in [1.807, 2.05) is 0 Å². The first kappa shape index (κ1) is 20.9. The van der Waals surface area contributed by atoms with Crippen LogP contribution in [0.3, 0.4) is 0 Å². The number of carbonyl (C=O) groups excluding carboxylic acids is 3. The van der Waals surface area contributed by atoms with Crippen LogP contribution >= 0.6 is 11.3 Å². The van der Waals surface area contributed by atoms with E-state index in [2.05, 4.69) is 15.8 Å². The SMILES string of the molecule is CC(=O)N(c1nc(/C=C/C(=O)NNC(=O)c2ccccc2)cs1)c1ccccc1F. The second kappa shape index (κ2) is 9.57. The zero-order chi connectivity index (χ0) is 21.5. The van der Waals surface area contributed by atoms with Crippen LogP contribution in [0.25, 0.3) is 6.08 Å². The molecular weight excluding hydrogens is 407 g/mol. The van der Waals surface area contributed by atoms with Crippen LogP contribution in [0.5, 0.6) is 0 Å². The van der Waals surface area contributed by atoms with Crippen LogP contribution in [0.4, 0.5) is 15.2 Å². The summed E-state index contributed by atoms with van der Waals surface area (Å²) in [4.78, 5) is 41.3. The summed E-state index contributed by atoms with van der Waals surface area (Å²) in [6, 6.07) is 14.3. The quantitative estimate of drug-likeness (QED) is 0.485. The van der Waals surface area contributed by atoms with Gasteiger partial charge in [0.25, 0.3) is 11.8 Å². The third kappa shape index (κ3) is 5.15. The third-order valence-corrected chi connectivity index (χ3v) is 4.69.